The number of benzene rings is 3. The van der Waals surface area contributed by atoms with Crippen LogP contribution in [0.25, 0.3) is 5.57 Å². The SMILES string of the molecule is COc1ccc(F)c(CN(C(=O)C2CNCC=C2c2ccc(CCCOc3c(F)ccc(F)c3F)cc2)C2CC2)c1.O=CO. The van der Waals surface area contributed by atoms with Crippen LogP contribution in [-0.2, 0) is 22.6 Å². The van der Waals surface area contributed by atoms with E-state index < -0.39 is 29.1 Å². The molecule has 0 spiro atoms. The average molecular weight is 615 g/mol. The first-order valence-electron chi connectivity index (χ1n) is 14.2. The van der Waals surface area contributed by atoms with Crippen molar-refractivity contribution < 1.29 is 41.7 Å². The van der Waals surface area contributed by atoms with Gasteiger partial charge in [-0.1, -0.05) is 30.3 Å². The first-order chi connectivity index (χ1) is 21.3. The Morgan fingerprint density at radius 2 is 1.70 bits per heavy atom. The van der Waals surface area contributed by atoms with Gasteiger partial charge in [-0.2, -0.15) is 4.39 Å². The third kappa shape index (κ3) is 8.16. The first-order valence-corrected chi connectivity index (χ1v) is 14.2. The number of aryl methyl sites for hydroxylation is 1. The van der Waals surface area contributed by atoms with Crippen molar-refractivity contribution in [2.45, 2.75) is 38.3 Å². The van der Waals surface area contributed by atoms with E-state index in [1.54, 1.807) is 17.0 Å². The fourth-order valence-electron chi connectivity index (χ4n) is 5.11. The third-order valence-electron chi connectivity index (χ3n) is 7.50. The van der Waals surface area contributed by atoms with Gasteiger partial charge < -0.3 is 24.8 Å². The van der Waals surface area contributed by atoms with E-state index in [1.165, 1.54) is 13.2 Å². The van der Waals surface area contributed by atoms with E-state index in [1.807, 2.05) is 30.3 Å². The third-order valence-corrected chi connectivity index (χ3v) is 7.50. The molecule has 1 aliphatic heterocycles. The molecule has 1 unspecified atom stereocenters. The predicted octanol–water partition coefficient (Wildman–Crippen LogP) is 5.76. The number of hydrogen-bond donors (Lipinski definition) is 2. The van der Waals surface area contributed by atoms with Crippen molar-refractivity contribution in [3.05, 3.63) is 101 Å². The highest BCUT2D eigenvalue weighted by Crippen LogP contribution is 2.35. The summed E-state index contributed by atoms with van der Waals surface area (Å²) in [6, 6.07) is 14.0. The van der Waals surface area contributed by atoms with Crippen LogP contribution in [-0.4, -0.2) is 55.2 Å². The molecule has 1 amide bonds. The minimum atomic E-state index is -1.33. The minimum Gasteiger partial charge on any atom is -0.497 e. The van der Waals surface area contributed by atoms with Crippen molar-refractivity contribution in [1.29, 1.82) is 0 Å². The average Bonchev–Trinajstić information content (AvgIpc) is 3.88. The van der Waals surface area contributed by atoms with Crippen molar-refractivity contribution in [3.63, 3.8) is 0 Å². The molecule has 7 nitrogen and oxygen atoms in total. The van der Waals surface area contributed by atoms with Crippen LogP contribution in [0.3, 0.4) is 0 Å². The Labute approximate surface area is 253 Å². The molecule has 0 saturated heterocycles. The number of carbonyl (C=O) groups is 2. The molecule has 3 aromatic carbocycles. The first kappa shape index (κ1) is 32.5. The standard InChI is InChI=1S/C32H32F4N2O3.CH2O2/c1-40-24-10-11-27(33)22(17-24)19-38(23-8-9-23)32(39)26-18-37-15-14-25(26)21-6-4-20(5-7-21)3-2-16-41-31-29(35)13-12-28(34)30(31)36;2-1-3/h4-7,10-14,17,23,26,37H,2-3,8-9,15-16,18-19H2,1H3;1H,(H,2,3). The number of halogens is 4. The Hall–Kier alpha value is -4.38. The maximum Gasteiger partial charge on any atom is 0.290 e. The summed E-state index contributed by atoms with van der Waals surface area (Å²) in [5.41, 5.74) is 3.27. The molecule has 234 valence electrons. The summed E-state index contributed by atoms with van der Waals surface area (Å²) in [4.78, 5) is 24.0. The number of nitrogens with one attached hydrogen (secondary N) is 1. The molecular formula is C33H34F4N2O5. The number of methoxy groups -OCH3 is 1. The molecular weight excluding hydrogens is 580 g/mol. The van der Waals surface area contributed by atoms with Crippen LogP contribution in [0.2, 0.25) is 0 Å². The van der Waals surface area contributed by atoms with Gasteiger partial charge in [0, 0.05) is 31.2 Å². The van der Waals surface area contributed by atoms with Gasteiger partial charge in [0.2, 0.25) is 11.7 Å². The van der Waals surface area contributed by atoms with Gasteiger partial charge in [-0.25, -0.2) is 13.2 Å². The molecule has 1 aliphatic carbocycles. The summed E-state index contributed by atoms with van der Waals surface area (Å²) in [6.07, 6.45) is 4.87. The van der Waals surface area contributed by atoms with Gasteiger partial charge in [0.25, 0.3) is 6.47 Å². The topological polar surface area (TPSA) is 88.1 Å². The van der Waals surface area contributed by atoms with E-state index in [0.29, 0.717) is 37.2 Å². The molecule has 2 N–H and O–H groups in total. The normalized spacial score (nSPS) is 15.8. The Balaban J connectivity index is 0.00000141. The second kappa shape index (κ2) is 15.4. The van der Waals surface area contributed by atoms with Gasteiger partial charge in [0.05, 0.1) is 19.6 Å². The number of carboxylic acid groups (broad SMARTS) is 1. The zero-order valence-corrected chi connectivity index (χ0v) is 24.2. The van der Waals surface area contributed by atoms with Gasteiger partial charge in [0.1, 0.15) is 11.6 Å². The highest BCUT2D eigenvalue weighted by Gasteiger charge is 2.38. The Morgan fingerprint density at radius 3 is 2.39 bits per heavy atom. The lowest BCUT2D eigenvalue weighted by Crippen LogP contribution is -2.43. The van der Waals surface area contributed by atoms with Crippen LogP contribution in [0.4, 0.5) is 17.6 Å². The van der Waals surface area contributed by atoms with E-state index in [-0.39, 0.29) is 37.4 Å². The zero-order valence-electron chi connectivity index (χ0n) is 24.2. The van der Waals surface area contributed by atoms with Crippen LogP contribution in [0.15, 0.2) is 60.7 Å². The highest BCUT2D eigenvalue weighted by molar-refractivity contribution is 5.93. The van der Waals surface area contributed by atoms with Crippen LogP contribution in [0, 0.1) is 29.2 Å². The molecule has 0 aromatic heterocycles. The fraction of sp³-hybridized carbons (Fsp3) is 0.333. The molecule has 1 heterocycles. The number of ether oxygens (including phenoxy) is 2. The van der Waals surface area contributed by atoms with Crippen LogP contribution in [0.5, 0.6) is 11.5 Å². The lowest BCUT2D eigenvalue weighted by atomic mass is 9.88. The summed E-state index contributed by atoms with van der Waals surface area (Å²) < 4.78 is 65.9. The molecule has 1 saturated carbocycles. The Kier molecular flexibility index (Phi) is 11.4. The van der Waals surface area contributed by atoms with E-state index in [2.05, 4.69) is 5.32 Å². The van der Waals surface area contributed by atoms with Gasteiger partial charge in [-0.05, 0) is 72.7 Å². The smallest absolute Gasteiger partial charge is 0.290 e. The number of hydrogen-bond acceptors (Lipinski definition) is 5. The Morgan fingerprint density at radius 1 is 1.02 bits per heavy atom. The molecule has 1 fully saturated rings. The van der Waals surface area contributed by atoms with Crippen molar-refractivity contribution >= 4 is 18.0 Å². The van der Waals surface area contributed by atoms with Gasteiger partial charge in [-0.15, -0.1) is 0 Å². The molecule has 2 aliphatic rings. The quantitative estimate of drug-likeness (QED) is 0.124. The van der Waals surface area contributed by atoms with Crippen molar-refractivity contribution in [2.75, 3.05) is 26.8 Å². The second-order valence-corrected chi connectivity index (χ2v) is 10.5. The van der Waals surface area contributed by atoms with Crippen molar-refractivity contribution in [2.24, 2.45) is 5.92 Å². The van der Waals surface area contributed by atoms with E-state index >= 15 is 0 Å². The zero-order chi connectivity index (χ0) is 31.6. The molecule has 0 bridgehead atoms. The lowest BCUT2D eigenvalue weighted by Gasteiger charge is -2.31. The molecule has 5 rings (SSSR count). The van der Waals surface area contributed by atoms with Gasteiger partial charge in [0.15, 0.2) is 17.4 Å². The summed E-state index contributed by atoms with van der Waals surface area (Å²) in [7, 11) is 1.53. The van der Waals surface area contributed by atoms with E-state index in [4.69, 9.17) is 19.4 Å². The van der Waals surface area contributed by atoms with Crippen LogP contribution >= 0.6 is 0 Å². The van der Waals surface area contributed by atoms with E-state index in [0.717, 1.165) is 41.7 Å². The summed E-state index contributed by atoms with van der Waals surface area (Å²) in [5.74, 6) is -4.40. The fourth-order valence-corrected chi connectivity index (χ4v) is 5.11. The van der Waals surface area contributed by atoms with Gasteiger partial charge in [-0.3, -0.25) is 9.59 Å². The van der Waals surface area contributed by atoms with Gasteiger partial charge >= 0.3 is 0 Å². The predicted molar refractivity (Wildman–Crippen MR) is 156 cm³/mol. The number of nitrogens with zero attached hydrogens (tertiary/aromatic N) is 1. The molecule has 44 heavy (non-hydrogen) atoms. The lowest BCUT2D eigenvalue weighted by molar-refractivity contribution is -0.135. The maximum atomic E-state index is 14.6. The number of carbonyl (C=O) groups excluding carboxylic acids is 1. The molecule has 0 radical (unpaired) electrons. The summed E-state index contributed by atoms with van der Waals surface area (Å²) in [5, 5.41) is 10.2. The summed E-state index contributed by atoms with van der Waals surface area (Å²) >= 11 is 0. The summed E-state index contributed by atoms with van der Waals surface area (Å²) in [6.45, 7) is 1.08. The molecule has 11 heteroatoms. The van der Waals surface area contributed by atoms with E-state index in [9.17, 15) is 22.4 Å². The largest absolute Gasteiger partial charge is 0.497 e. The monoisotopic (exact) mass is 614 g/mol. The van der Waals surface area contributed by atoms with Crippen LogP contribution in [0.1, 0.15) is 36.0 Å². The molecule has 3 aromatic rings. The number of rotatable bonds is 11. The van der Waals surface area contributed by atoms with Crippen molar-refractivity contribution in [1.82, 2.24) is 10.2 Å². The number of amides is 1. The van der Waals surface area contributed by atoms with Crippen molar-refractivity contribution in [3.8, 4) is 11.5 Å². The Bertz CT molecular complexity index is 1480. The maximum absolute atomic E-state index is 14.6. The molecule has 1 atom stereocenters. The van der Waals surface area contributed by atoms with Crippen LogP contribution < -0.4 is 14.8 Å². The minimum absolute atomic E-state index is 0.0251. The second-order valence-electron chi connectivity index (χ2n) is 10.5. The highest BCUT2D eigenvalue weighted by atomic mass is 19.2.